The van der Waals surface area contributed by atoms with Gasteiger partial charge in [0.1, 0.15) is 11.6 Å². The van der Waals surface area contributed by atoms with E-state index in [1.807, 2.05) is 0 Å². The fourth-order valence-corrected chi connectivity index (χ4v) is 1.47. The zero-order valence-corrected chi connectivity index (χ0v) is 7.34. The SMILES string of the molecule is O=C(Cl)C1Cc2cc(F)ccc2O1. The van der Waals surface area contributed by atoms with Crippen LogP contribution < -0.4 is 4.74 Å². The van der Waals surface area contributed by atoms with Crippen molar-refractivity contribution in [2.75, 3.05) is 0 Å². The van der Waals surface area contributed by atoms with Crippen LogP contribution in [0.25, 0.3) is 0 Å². The number of carbonyl (C=O) groups is 1. The molecule has 0 radical (unpaired) electrons. The van der Waals surface area contributed by atoms with E-state index in [0.717, 1.165) is 0 Å². The molecule has 0 spiro atoms. The summed E-state index contributed by atoms with van der Waals surface area (Å²) in [4.78, 5) is 10.7. The summed E-state index contributed by atoms with van der Waals surface area (Å²) in [6.45, 7) is 0. The van der Waals surface area contributed by atoms with Gasteiger partial charge in [-0.3, -0.25) is 4.79 Å². The van der Waals surface area contributed by atoms with Gasteiger partial charge < -0.3 is 4.74 Å². The fourth-order valence-electron chi connectivity index (χ4n) is 1.34. The monoisotopic (exact) mass is 200 g/mol. The Labute approximate surface area is 79.3 Å². The third-order valence-corrected chi connectivity index (χ3v) is 2.19. The molecular formula is C9H6ClFO2. The Hall–Kier alpha value is -1.09. The lowest BCUT2D eigenvalue weighted by Crippen LogP contribution is -2.20. The Morgan fingerprint density at radius 3 is 3.08 bits per heavy atom. The molecule has 0 saturated heterocycles. The standard InChI is InChI=1S/C9H6ClFO2/c10-9(12)8-4-5-3-6(11)1-2-7(5)13-8/h1-3,8H,4H2. The van der Waals surface area contributed by atoms with E-state index in [9.17, 15) is 9.18 Å². The van der Waals surface area contributed by atoms with Crippen LogP contribution >= 0.6 is 11.6 Å². The maximum Gasteiger partial charge on any atom is 0.262 e. The molecule has 1 heterocycles. The smallest absolute Gasteiger partial charge is 0.262 e. The molecule has 68 valence electrons. The van der Waals surface area contributed by atoms with Gasteiger partial charge in [0.05, 0.1) is 0 Å². The van der Waals surface area contributed by atoms with Crippen molar-refractivity contribution in [3.05, 3.63) is 29.6 Å². The first-order valence-electron chi connectivity index (χ1n) is 3.81. The fraction of sp³-hybridized carbons (Fsp3) is 0.222. The molecule has 2 rings (SSSR count). The van der Waals surface area contributed by atoms with Crippen molar-refractivity contribution in [3.63, 3.8) is 0 Å². The third-order valence-electron chi connectivity index (χ3n) is 1.95. The zero-order valence-electron chi connectivity index (χ0n) is 6.59. The molecule has 0 aromatic heterocycles. The van der Waals surface area contributed by atoms with Crippen LogP contribution in [-0.4, -0.2) is 11.3 Å². The second kappa shape index (κ2) is 3.00. The number of hydrogen-bond acceptors (Lipinski definition) is 2. The minimum absolute atomic E-state index is 0.329. The predicted molar refractivity (Wildman–Crippen MR) is 45.4 cm³/mol. The summed E-state index contributed by atoms with van der Waals surface area (Å²) in [5.74, 6) is 0.213. The second-order valence-electron chi connectivity index (χ2n) is 2.87. The van der Waals surface area contributed by atoms with Crippen molar-refractivity contribution in [3.8, 4) is 5.75 Å². The number of rotatable bonds is 1. The van der Waals surface area contributed by atoms with E-state index in [4.69, 9.17) is 16.3 Å². The molecule has 1 unspecified atom stereocenters. The lowest BCUT2D eigenvalue weighted by molar-refractivity contribution is -0.117. The first-order chi connectivity index (χ1) is 6.16. The van der Waals surface area contributed by atoms with Gasteiger partial charge in [-0.1, -0.05) is 0 Å². The quantitative estimate of drug-likeness (QED) is 0.648. The number of ether oxygens (including phenoxy) is 1. The van der Waals surface area contributed by atoms with E-state index in [2.05, 4.69) is 0 Å². The van der Waals surface area contributed by atoms with Crippen LogP contribution in [0, 0.1) is 5.82 Å². The maximum atomic E-state index is 12.7. The molecule has 13 heavy (non-hydrogen) atoms. The summed E-state index contributed by atoms with van der Waals surface area (Å²) < 4.78 is 17.9. The first kappa shape index (κ1) is 8.51. The second-order valence-corrected chi connectivity index (χ2v) is 3.24. The lowest BCUT2D eigenvalue weighted by atomic mass is 10.1. The molecule has 4 heteroatoms. The summed E-state index contributed by atoms with van der Waals surface area (Å²) in [6, 6.07) is 4.15. The average molecular weight is 201 g/mol. The Morgan fingerprint density at radius 1 is 1.62 bits per heavy atom. The molecule has 0 bridgehead atoms. The zero-order chi connectivity index (χ0) is 9.42. The highest BCUT2D eigenvalue weighted by Crippen LogP contribution is 2.29. The molecule has 0 fully saturated rings. The highest BCUT2D eigenvalue weighted by molar-refractivity contribution is 6.64. The third kappa shape index (κ3) is 1.52. The molecule has 0 amide bonds. The number of halogens is 2. The van der Waals surface area contributed by atoms with Crippen LogP contribution in [0.4, 0.5) is 4.39 Å². The van der Waals surface area contributed by atoms with Gasteiger partial charge in [-0.15, -0.1) is 0 Å². The molecule has 2 nitrogen and oxygen atoms in total. The highest BCUT2D eigenvalue weighted by Gasteiger charge is 2.27. The number of fused-ring (bicyclic) bond motifs is 1. The molecule has 1 aromatic carbocycles. The Morgan fingerprint density at radius 2 is 2.38 bits per heavy atom. The first-order valence-corrected chi connectivity index (χ1v) is 4.19. The molecule has 1 aliphatic rings. The van der Waals surface area contributed by atoms with Gasteiger partial charge in [-0.25, -0.2) is 4.39 Å². The Balaban J connectivity index is 2.30. The minimum Gasteiger partial charge on any atom is -0.481 e. The van der Waals surface area contributed by atoms with Crippen molar-refractivity contribution >= 4 is 16.8 Å². The van der Waals surface area contributed by atoms with Gasteiger partial charge in [0.2, 0.25) is 0 Å². The van der Waals surface area contributed by atoms with Gasteiger partial charge in [0.15, 0.2) is 6.10 Å². The molecule has 1 aliphatic heterocycles. The predicted octanol–water partition coefficient (Wildman–Crippen LogP) is 1.89. The molecule has 0 N–H and O–H groups in total. The van der Waals surface area contributed by atoms with Crippen LogP contribution in [0.1, 0.15) is 5.56 Å². The highest BCUT2D eigenvalue weighted by atomic mass is 35.5. The molecule has 0 aliphatic carbocycles. The number of hydrogen-bond donors (Lipinski definition) is 0. The molecule has 1 aromatic rings. The summed E-state index contributed by atoms with van der Waals surface area (Å²) in [5, 5.41) is -0.545. The van der Waals surface area contributed by atoms with E-state index in [-0.39, 0.29) is 5.82 Å². The van der Waals surface area contributed by atoms with Crippen molar-refractivity contribution in [2.24, 2.45) is 0 Å². The molecular weight excluding hydrogens is 195 g/mol. The number of carbonyl (C=O) groups excluding carboxylic acids is 1. The van der Waals surface area contributed by atoms with E-state index in [1.54, 1.807) is 0 Å². The summed E-state index contributed by atoms with van der Waals surface area (Å²) in [6.07, 6.45) is -0.298. The minimum atomic E-state index is -0.654. The van der Waals surface area contributed by atoms with Crippen LogP contribution in [-0.2, 0) is 11.2 Å². The average Bonchev–Trinajstić information content (AvgIpc) is 2.46. The van der Waals surface area contributed by atoms with Crippen molar-refractivity contribution in [1.29, 1.82) is 0 Å². The van der Waals surface area contributed by atoms with Crippen molar-refractivity contribution in [2.45, 2.75) is 12.5 Å². The summed E-state index contributed by atoms with van der Waals surface area (Å²) in [7, 11) is 0. The Bertz CT molecular complexity index is 365. The largest absolute Gasteiger partial charge is 0.481 e. The van der Waals surface area contributed by atoms with E-state index in [0.29, 0.717) is 17.7 Å². The summed E-state index contributed by atoms with van der Waals surface area (Å²) >= 11 is 5.26. The van der Waals surface area contributed by atoms with Gasteiger partial charge in [0, 0.05) is 12.0 Å². The van der Waals surface area contributed by atoms with Gasteiger partial charge >= 0.3 is 0 Å². The van der Waals surface area contributed by atoms with Crippen molar-refractivity contribution in [1.82, 2.24) is 0 Å². The van der Waals surface area contributed by atoms with Gasteiger partial charge in [-0.2, -0.15) is 0 Å². The van der Waals surface area contributed by atoms with Crippen LogP contribution in [0.3, 0.4) is 0 Å². The van der Waals surface area contributed by atoms with Crippen molar-refractivity contribution < 1.29 is 13.9 Å². The van der Waals surface area contributed by atoms with Gasteiger partial charge in [0.25, 0.3) is 5.24 Å². The van der Waals surface area contributed by atoms with Crippen LogP contribution in [0.15, 0.2) is 18.2 Å². The topological polar surface area (TPSA) is 26.3 Å². The van der Waals surface area contributed by atoms with E-state index < -0.39 is 11.3 Å². The van der Waals surface area contributed by atoms with Crippen LogP contribution in [0.2, 0.25) is 0 Å². The van der Waals surface area contributed by atoms with Crippen LogP contribution in [0.5, 0.6) is 5.75 Å². The number of benzene rings is 1. The van der Waals surface area contributed by atoms with Gasteiger partial charge in [-0.05, 0) is 29.8 Å². The Kier molecular flexibility index (Phi) is 1.96. The normalized spacial score (nSPS) is 19.4. The van der Waals surface area contributed by atoms with E-state index in [1.165, 1.54) is 18.2 Å². The van der Waals surface area contributed by atoms with E-state index >= 15 is 0 Å². The molecule has 1 atom stereocenters. The lowest BCUT2D eigenvalue weighted by Gasteiger charge is -2.02. The maximum absolute atomic E-state index is 12.7. The molecule has 0 saturated carbocycles. The summed E-state index contributed by atoms with van der Waals surface area (Å²) in [5.41, 5.74) is 0.694.